The first-order valence-corrected chi connectivity index (χ1v) is 10.4. The van der Waals surface area contributed by atoms with E-state index >= 15 is 0 Å². The zero-order valence-electron chi connectivity index (χ0n) is 18.0. The molecule has 8 nitrogen and oxygen atoms in total. The lowest BCUT2D eigenvalue weighted by molar-refractivity contribution is 0.0637. The number of anilines is 3. The summed E-state index contributed by atoms with van der Waals surface area (Å²) < 4.78 is 1.74. The van der Waals surface area contributed by atoms with E-state index in [0.717, 1.165) is 18.4 Å². The third-order valence-electron chi connectivity index (χ3n) is 7.85. The summed E-state index contributed by atoms with van der Waals surface area (Å²) in [5, 5.41) is 6.33. The molecule has 0 saturated heterocycles. The van der Waals surface area contributed by atoms with Crippen molar-refractivity contribution in [1.29, 1.82) is 0 Å². The van der Waals surface area contributed by atoms with Gasteiger partial charge in [0.25, 0.3) is 11.5 Å². The maximum Gasteiger partial charge on any atom is 0.276 e. The molecule has 2 fully saturated rings. The van der Waals surface area contributed by atoms with Gasteiger partial charge in [0.15, 0.2) is 0 Å². The quantitative estimate of drug-likeness (QED) is 0.704. The molecule has 3 unspecified atom stereocenters. The van der Waals surface area contributed by atoms with Crippen molar-refractivity contribution in [2.45, 2.75) is 53.1 Å². The van der Waals surface area contributed by atoms with Crippen LogP contribution in [-0.4, -0.2) is 20.4 Å². The Morgan fingerprint density at radius 2 is 1.87 bits per heavy atom. The van der Waals surface area contributed by atoms with E-state index < -0.39 is 5.66 Å². The number of nitrogens with two attached hydrogens (primary N) is 1. The smallest absolute Gasteiger partial charge is 0.276 e. The number of hydrogen-bond acceptors (Lipinski definition) is 6. The fourth-order valence-electron chi connectivity index (χ4n) is 6.73. The fraction of sp³-hybridized carbons (Fsp3) is 0.545. The standard InChI is InChI=1S/C22H28N6O2/c1-11-6-12(26-16-7-15(23)24-10-25-16)19(30)28-17(11)18(29)27-22(28)9-13-20(2,3)8-14(22)21(13,4)5/h6-7,10,13-14H,8-9H2,1-5H3,(H,27,29)(H3,23,24,25,26). The number of carbonyl (C=O) groups excluding carboxylic acids is 1. The van der Waals surface area contributed by atoms with E-state index in [1.807, 2.05) is 6.92 Å². The molecular weight excluding hydrogens is 380 g/mol. The van der Waals surface area contributed by atoms with Crippen LogP contribution in [0.2, 0.25) is 0 Å². The van der Waals surface area contributed by atoms with Gasteiger partial charge in [-0.1, -0.05) is 27.7 Å². The van der Waals surface area contributed by atoms with Crippen molar-refractivity contribution in [3.63, 3.8) is 0 Å². The maximum absolute atomic E-state index is 13.7. The van der Waals surface area contributed by atoms with Gasteiger partial charge in [-0.2, -0.15) is 0 Å². The molecule has 158 valence electrons. The topological polar surface area (TPSA) is 115 Å². The third-order valence-corrected chi connectivity index (χ3v) is 7.85. The fourth-order valence-corrected chi connectivity index (χ4v) is 6.73. The number of nitrogens with zero attached hydrogens (tertiary/aromatic N) is 3. The highest BCUT2D eigenvalue weighted by molar-refractivity contribution is 5.97. The first kappa shape index (κ1) is 19.1. The van der Waals surface area contributed by atoms with E-state index in [2.05, 4.69) is 48.3 Å². The second-order valence-electron chi connectivity index (χ2n) is 10.4. The summed E-state index contributed by atoms with van der Waals surface area (Å²) >= 11 is 0. The van der Waals surface area contributed by atoms with Crippen LogP contribution in [0.1, 0.15) is 56.6 Å². The minimum absolute atomic E-state index is 0.0241. The summed E-state index contributed by atoms with van der Waals surface area (Å²) in [6.07, 6.45) is 3.08. The molecule has 4 N–H and O–H groups in total. The molecule has 2 aromatic heterocycles. The van der Waals surface area contributed by atoms with Gasteiger partial charge in [-0.05, 0) is 48.1 Å². The Bertz CT molecular complexity index is 1150. The molecule has 1 spiro atoms. The molecule has 0 aromatic carbocycles. The highest BCUT2D eigenvalue weighted by Gasteiger charge is 2.70. The van der Waals surface area contributed by atoms with Crippen LogP contribution in [0.25, 0.3) is 0 Å². The Morgan fingerprint density at radius 1 is 1.13 bits per heavy atom. The molecule has 3 heterocycles. The Kier molecular flexibility index (Phi) is 3.57. The highest BCUT2D eigenvalue weighted by Crippen LogP contribution is 2.70. The van der Waals surface area contributed by atoms with Crippen LogP contribution in [0.5, 0.6) is 0 Å². The predicted octanol–water partition coefficient (Wildman–Crippen LogP) is 2.76. The number of hydrogen-bond donors (Lipinski definition) is 3. The van der Waals surface area contributed by atoms with Gasteiger partial charge in [0.1, 0.15) is 35.0 Å². The summed E-state index contributed by atoms with van der Waals surface area (Å²) in [5.41, 5.74) is 6.66. The Morgan fingerprint density at radius 3 is 2.47 bits per heavy atom. The van der Waals surface area contributed by atoms with Gasteiger partial charge in [-0.3, -0.25) is 14.2 Å². The molecule has 3 atom stereocenters. The molecule has 1 amide bonds. The Balaban J connectivity index is 1.67. The van der Waals surface area contributed by atoms with Crippen LogP contribution < -0.4 is 21.9 Å². The van der Waals surface area contributed by atoms with Crippen LogP contribution in [-0.2, 0) is 5.66 Å². The molecule has 5 rings (SSSR count). The minimum Gasteiger partial charge on any atom is -0.384 e. The van der Waals surface area contributed by atoms with E-state index in [0.29, 0.717) is 28.9 Å². The van der Waals surface area contributed by atoms with Crippen molar-refractivity contribution >= 4 is 23.2 Å². The zero-order valence-corrected chi connectivity index (χ0v) is 18.0. The van der Waals surface area contributed by atoms with Crippen molar-refractivity contribution < 1.29 is 4.79 Å². The molecule has 2 aromatic rings. The molecule has 0 radical (unpaired) electrons. The van der Waals surface area contributed by atoms with Gasteiger partial charge >= 0.3 is 0 Å². The summed E-state index contributed by atoms with van der Waals surface area (Å²) in [5.74, 6) is 1.18. The number of aryl methyl sites for hydroxylation is 1. The van der Waals surface area contributed by atoms with Gasteiger partial charge in [0.05, 0.1) is 0 Å². The van der Waals surface area contributed by atoms with Crippen molar-refractivity contribution in [1.82, 2.24) is 19.9 Å². The van der Waals surface area contributed by atoms with Crippen molar-refractivity contribution in [3.8, 4) is 0 Å². The molecule has 3 aliphatic rings. The lowest BCUT2D eigenvalue weighted by Crippen LogP contribution is -2.53. The molecule has 8 heteroatoms. The predicted molar refractivity (Wildman–Crippen MR) is 114 cm³/mol. The van der Waals surface area contributed by atoms with Gasteiger partial charge in [0.2, 0.25) is 0 Å². The van der Waals surface area contributed by atoms with Crippen LogP contribution in [0.3, 0.4) is 0 Å². The first-order chi connectivity index (χ1) is 14.0. The van der Waals surface area contributed by atoms with Crippen LogP contribution in [0, 0.1) is 29.6 Å². The number of nitrogen functional groups attached to an aromatic ring is 1. The molecule has 2 saturated carbocycles. The number of carbonyl (C=O) groups is 1. The Labute approximate surface area is 175 Å². The van der Waals surface area contributed by atoms with E-state index in [1.165, 1.54) is 6.33 Å². The Hall–Kier alpha value is -2.90. The normalized spacial score (nSPS) is 29.8. The van der Waals surface area contributed by atoms with E-state index in [4.69, 9.17) is 5.73 Å². The van der Waals surface area contributed by atoms with E-state index in [1.54, 1.807) is 16.7 Å². The lowest BCUT2D eigenvalue weighted by Gasteiger charge is -2.41. The van der Waals surface area contributed by atoms with Crippen molar-refractivity contribution in [3.05, 3.63) is 40.1 Å². The van der Waals surface area contributed by atoms with Gasteiger partial charge in [-0.25, -0.2) is 9.97 Å². The molecule has 30 heavy (non-hydrogen) atoms. The lowest BCUT2D eigenvalue weighted by atomic mass is 9.71. The average Bonchev–Trinajstić information content (AvgIpc) is 3.12. The minimum atomic E-state index is -0.680. The first-order valence-electron chi connectivity index (χ1n) is 10.4. The number of rotatable bonds is 2. The monoisotopic (exact) mass is 408 g/mol. The van der Waals surface area contributed by atoms with Crippen LogP contribution in [0.15, 0.2) is 23.3 Å². The summed E-state index contributed by atoms with van der Waals surface area (Å²) in [4.78, 5) is 34.8. The summed E-state index contributed by atoms with van der Waals surface area (Å²) in [7, 11) is 0. The van der Waals surface area contributed by atoms with E-state index in [9.17, 15) is 9.59 Å². The largest absolute Gasteiger partial charge is 0.384 e. The van der Waals surface area contributed by atoms with Crippen molar-refractivity contribution in [2.75, 3.05) is 11.1 Å². The zero-order chi connectivity index (χ0) is 21.6. The van der Waals surface area contributed by atoms with Crippen LogP contribution >= 0.6 is 0 Å². The van der Waals surface area contributed by atoms with Crippen molar-refractivity contribution in [2.24, 2.45) is 22.7 Å². The molecular formula is C22H28N6O2. The van der Waals surface area contributed by atoms with Gasteiger partial charge in [-0.15, -0.1) is 0 Å². The second-order valence-corrected chi connectivity index (χ2v) is 10.4. The number of pyridine rings is 1. The second kappa shape index (κ2) is 5.62. The SMILES string of the molecule is Cc1cc(Nc2cc(N)ncn2)c(=O)n2c1C(=O)NC21CC2C(C)(C)CC1C2(C)C. The van der Waals surface area contributed by atoms with Gasteiger partial charge < -0.3 is 16.4 Å². The number of nitrogens with one attached hydrogen (secondary N) is 2. The number of aromatic nitrogens is 3. The molecule has 2 bridgehead atoms. The van der Waals surface area contributed by atoms with Crippen LogP contribution in [0.4, 0.5) is 17.3 Å². The third kappa shape index (κ3) is 2.27. The number of fused-ring (bicyclic) bond motifs is 5. The van der Waals surface area contributed by atoms with E-state index in [-0.39, 0.29) is 28.2 Å². The van der Waals surface area contributed by atoms with Gasteiger partial charge in [0, 0.05) is 12.0 Å². The number of amides is 1. The summed E-state index contributed by atoms with van der Waals surface area (Å²) in [6, 6.07) is 3.29. The molecule has 2 aliphatic carbocycles. The maximum atomic E-state index is 13.7. The average molecular weight is 409 g/mol. The summed E-state index contributed by atoms with van der Waals surface area (Å²) in [6.45, 7) is 11.0. The molecule has 1 aliphatic heterocycles. The highest BCUT2D eigenvalue weighted by atomic mass is 16.2.